The topological polar surface area (TPSA) is 96.7 Å². The van der Waals surface area contributed by atoms with Gasteiger partial charge in [-0.2, -0.15) is 5.10 Å². The third-order valence-corrected chi connectivity index (χ3v) is 2.16. The predicted octanol–water partition coefficient (Wildman–Crippen LogP) is 0.482. The number of hydrogen-bond donors (Lipinski definition) is 2. The van der Waals surface area contributed by atoms with E-state index in [-0.39, 0.29) is 11.3 Å². The molecule has 0 aromatic carbocycles. The Morgan fingerprint density at radius 1 is 1.56 bits per heavy atom. The molecule has 2 aromatic rings. The number of carboxylic acids is 1. The van der Waals surface area contributed by atoms with Crippen molar-refractivity contribution in [3.05, 3.63) is 23.4 Å². The maximum absolute atomic E-state index is 10.7. The maximum atomic E-state index is 10.7. The van der Waals surface area contributed by atoms with Crippen molar-refractivity contribution in [1.82, 2.24) is 24.7 Å². The number of hydrogen-bond acceptors (Lipinski definition) is 5. The SMILES string of the molecule is O=C(O)Cn1c(-c2cnccn2)n[nH]c1=S. The van der Waals surface area contributed by atoms with Crippen molar-refractivity contribution in [2.75, 3.05) is 0 Å². The molecule has 16 heavy (non-hydrogen) atoms. The molecule has 0 saturated carbocycles. The molecule has 82 valence electrons. The van der Waals surface area contributed by atoms with Crippen molar-refractivity contribution in [3.8, 4) is 11.5 Å². The van der Waals surface area contributed by atoms with Crippen molar-refractivity contribution < 1.29 is 9.90 Å². The molecule has 0 spiro atoms. The highest BCUT2D eigenvalue weighted by Gasteiger charge is 2.12. The summed E-state index contributed by atoms with van der Waals surface area (Å²) in [5.74, 6) is -0.636. The summed E-state index contributed by atoms with van der Waals surface area (Å²) >= 11 is 4.92. The van der Waals surface area contributed by atoms with Crippen LogP contribution in [0.25, 0.3) is 11.5 Å². The summed E-state index contributed by atoms with van der Waals surface area (Å²) in [6.07, 6.45) is 4.51. The molecule has 0 aliphatic carbocycles. The van der Waals surface area contributed by atoms with Crippen LogP contribution >= 0.6 is 12.2 Å². The number of aromatic nitrogens is 5. The lowest BCUT2D eigenvalue weighted by Gasteiger charge is -2.01. The van der Waals surface area contributed by atoms with Gasteiger partial charge in [0.25, 0.3) is 0 Å². The van der Waals surface area contributed by atoms with Gasteiger partial charge in [0, 0.05) is 12.4 Å². The number of aromatic amines is 1. The van der Waals surface area contributed by atoms with E-state index in [9.17, 15) is 4.79 Å². The fourth-order valence-electron chi connectivity index (χ4n) is 1.21. The highest BCUT2D eigenvalue weighted by molar-refractivity contribution is 7.71. The summed E-state index contributed by atoms with van der Waals surface area (Å²) in [6.45, 7) is -0.263. The lowest BCUT2D eigenvalue weighted by atomic mass is 10.4. The van der Waals surface area contributed by atoms with Crippen molar-refractivity contribution in [3.63, 3.8) is 0 Å². The highest BCUT2D eigenvalue weighted by Crippen LogP contribution is 2.12. The van der Waals surface area contributed by atoms with Gasteiger partial charge >= 0.3 is 5.97 Å². The van der Waals surface area contributed by atoms with Crippen LogP contribution in [0, 0.1) is 4.77 Å². The molecule has 0 bridgehead atoms. The molecule has 0 fully saturated rings. The van der Waals surface area contributed by atoms with E-state index in [1.807, 2.05) is 0 Å². The Labute approximate surface area is 94.8 Å². The maximum Gasteiger partial charge on any atom is 0.323 e. The smallest absolute Gasteiger partial charge is 0.323 e. The molecule has 0 aliphatic rings. The van der Waals surface area contributed by atoms with Gasteiger partial charge < -0.3 is 5.11 Å². The summed E-state index contributed by atoms with van der Waals surface area (Å²) in [6, 6.07) is 0. The van der Waals surface area contributed by atoms with E-state index in [2.05, 4.69) is 20.2 Å². The molecule has 2 rings (SSSR count). The molecule has 2 N–H and O–H groups in total. The molecule has 0 radical (unpaired) electrons. The lowest BCUT2D eigenvalue weighted by molar-refractivity contribution is -0.137. The molecular formula is C8H7N5O2S. The first-order valence-electron chi connectivity index (χ1n) is 4.32. The average molecular weight is 237 g/mol. The summed E-state index contributed by atoms with van der Waals surface area (Å²) in [7, 11) is 0. The predicted molar refractivity (Wildman–Crippen MR) is 56.1 cm³/mol. The minimum atomic E-state index is -0.998. The van der Waals surface area contributed by atoms with E-state index < -0.39 is 5.97 Å². The van der Waals surface area contributed by atoms with E-state index in [1.54, 1.807) is 0 Å². The van der Waals surface area contributed by atoms with Gasteiger partial charge in [-0.25, -0.2) is 4.98 Å². The number of nitrogens with one attached hydrogen (secondary N) is 1. The standard InChI is InChI=1S/C8H7N5O2S/c14-6(15)4-13-7(11-12-8(13)16)5-3-9-1-2-10-5/h1-3H,4H2,(H,12,16)(H,14,15). The van der Waals surface area contributed by atoms with Gasteiger partial charge in [-0.15, -0.1) is 0 Å². The number of rotatable bonds is 3. The largest absolute Gasteiger partial charge is 0.480 e. The van der Waals surface area contributed by atoms with E-state index in [1.165, 1.54) is 23.2 Å². The second-order valence-electron chi connectivity index (χ2n) is 2.92. The molecule has 0 aliphatic heterocycles. The highest BCUT2D eigenvalue weighted by atomic mass is 32.1. The van der Waals surface area contributed by atoms with Crippen LogP contribution in [0.15, 0.2) is 18.6 Å². The summed E-state index contributed by atoms with van der Waals surface area (Å²) in [4.78, 5) is 18.6. The first-order valence-corrected chi connectivity index (χ1v) is 4.72. The van der Waals surface area contributed by atoms with Crippen LogP contribution in [-0.4, -0.2) is 35.8 Å². The molecular weight excluding hydrogens is 230 g/mol. The quantitative estimate of drug-likeness (QED) is 0.754. The number of aliphatic carboxylic acids is 1. The Kier molecular flexibility index (Phi) is 2.73. The lowest BCUT2D eigenvalue weighted by Crippen LogP contribution is -2.10. The average Bonchev–Trinajstić information content (AvgIpc) is 2.61. The van der Waals surface area contributed by atoms with Crippen LogP contribution in [0.2, 0.25) is 0 Å². The van der Waals surface area contributed by atoms with Gasteiger partial charge in [-0.3, -0.25) is 19.4 Å². The summed E-state index contributed by atoms with van der Waals surface area (Å²) < 4.78 is 1.59. The van der Waals surface area contributed by atoms with Gasteiger partial charge in [-0.1, -0.05) is 0 Å². The van der Waals surface area contributed by atoms with E-state index in [0.29, 0.717) is 11.5 Å². The van der Waals surface area contributed by atoms with Crippen molar-refractivity contribution in [2.24, 2.45) is 0 Å². The molecule has 0 unspecified atom stereocenters. The second kappa shape index (κ2) is 4.19. The molecule has 7 nitrogen and oxygen atoms in total. The number of carboxylic acid groups (broad SMARTS) is 1. The fourth-order valence-corrected chi connectivity index (χ4v) is 1.41. The van der Waals surface area contributed by atoms with Gasteiger partial charge in [0.1, 0.15) is 12.2 Å². The van der Waals surface area contributed by atoms with Crippen molar-refractivity contribution in [2.45, 2.75) is 6.54 Å². The minimum Gasteiger partial charge on any atom is -0.480 e. The molecule has 8 heteroatoms. The van der Waals surface area contributed by atoms with Crippen LogP contribution in [0.1, 0.15) is 0 Å². The number of nitrogens with zero attached hydrogens (tertiary/aromatic N) is 4. The summed E-state index contributed by atoms with van der Waals surface area (Å²) in [5.41, 5.74) is 0.469. The normalized spacial score (nSPS) is 10.2. The zero-order chi connectivity index (χ0) is 11.5. The fraction of sp³-hybridized carbons (Fsp3) is 0.125. The van der Waals surface area contributed by atoms with E-state index in [4.69, 9.17) is 17.3 Å². The Hall–Kier alpha value is -2.09. The number of carbonyl (C=O) groups is 1. The monoisotopic (exact) mass is 237 g/mol. The molecule has 2 aromatic heterocycles. The van der Waals surface area contributed by atoms with Crippen LogP contribution in [0.5, 0.6) is 0 Å². The zero-order valence-corrected chi connectivity index (χ0v) is 8.81. The molecule has 0 atom stereocenters. The van der Waals surface area contributed by atoms with Crippen LogP contribution in [0.4, 0.5) is 0 Å². The Morgan fingerprint density at radius 2 is 2.38 bits per heavy atom. The van der Waals surface area contributed by atoms with E-state index in [0.717, 1.165) is 0 Å². The van der Waals surface area contributed by atoms with Crippen molar-refractivity contribution in [1.29, 1.82) is 0 Å². The second-order valence-corrected chi connectivity index (χ2v) is 3.31. The van der Waals surface area contributed by atoms with E-state index >= 15 is 0 Å². The Morgan fingerprint density at radius 3 is 3.00 bits per heavy atom. The van der Waals surface area contributed by atoms with Gasteiger partial charge in [-0.05, 0) is 12.2 Å². The first kappa shape index (κ1) is 10.4. The molecule has 0 saturated heterocycles. The van der Waals surface area contributed by atoms with Gasteiger partial charge in [0.2, 0.25) is 0 Å². The summed E-state index contributed by atoms with van der Waals surface area (Å²) in [5, 5.41) is 15.2. The zero-order valence-electron chi connectivity index (χ0n) is 7.99. The van der Waals surface area contributed by atoms with Gasteiger partial charge in [0.05, 0.1) is 6.20 Å². The first-order chi connectivity index (χ1) is 7.68. The number of H-pyrrole nitrogens is 1. The van der Waals surface area contributed by atoms with Gasteiger partial charge in [0.15, 0.2) is 10.6 Å². The third kappa shape index (κ3) is 1.96. The molecule has 2 heterocycles. The Bertz CT molecular complexity index is 561. The Balaban J connectivity index is 2.50. The van der Waals surface area contributed by atoms with Crippen LogP contribution < -0.4 is 0 Å². The van der Waals surface area contributed by atoms with Crippen LogP contribution in [-0.2, 0) is 11.3 Å². The van der Waals surface area contributed by atoms with Crippen molar-refractivity contribution >= 4 is 18.2 Å². The third-order valence-electron chi connectivity index (χ3n) is 1.84. The minimum absolute atomic E-state index is 0.239. The van der Waals surface area contributed by atoms with Crippen LogP contribution in [0.3, 0.4) is 0 Å². The molecule has 0 amide bonds.